The molecule has 0 unspecified atom stereocenters. The van der Waals surface area contributed by atoms with Crippen LogP contribution in [0, 0.1) is 6.92 Å². The number of nitrogens with zero attached hydrogens (tertiary/aromatic N) is 5. The largest absolute Gasteiger partial charge is 0.370 e. The van der Waals surface area contributed by atoms with Crippen molar-refractivity contribution in [1.29, 1.82) is 0 Å². The zero-order chi connectivity index (χ0) is 16.8. The third-order valence-corrected chi connectivity index (χ3v) is 4.93. The van der Waals surface area contributed by atoms with Crippen LogP contribution in [0.15, 0.2) is 12.4 Å². The summed E-state index contributed by atoms with van der Waals surface area (Å²) in [5.74, 6) is 0.0600. The Balaban J connectivity index is 1.58. The Morgan fingerprint density at radius 3 is 3.08 bits per heavy atom. The van der Waals surface area contributed by atoms with Gasteiger partial charge in [0, 0.05) is 18.8 Å². The molecule has 0 fully saturated rings. The van der Waals surface area contributed by atoms with E-state index < -0.39 is 5.91 Å². The molecule has 0 radical (unpaired) electrons. The SMILES string of the molecule is Cc1cnc2nc(C(=O)Nc3nc4c(s3)[C@H](C)O[C@H](C)C4)nn2c1. The molecule has 0 aliphatic carbocycles. The first-order chi connectivity index (χ1) is 11.5. The van der Waals surface area contributed by atoms with Gasteiger partial charge in [0.25, 0.3) is 11.7 Å². The van der Waals surface area contributed by atoms with Crippen molar-refractivity contribution >= 4 is 28.2 Å². The molecule has 24 heavy (non-hydrogen) atoms. The summed E-state index contributed by atoms with van der Waals surface area (Å²) in [6.45, 7) is 5.92. The molecule has 0 spiro atoms. The molecule has 1 aliphatic rings. The molecule has 1 N–H and O–H groups in total. The maximum Gasteiger partial charge on any atom is 0.297 e. The van der Waals surface area contributed by atoms with Gasteiger partial charge in [-0.1, -0.05) is 11.3 Å². The van der Waals surface area contributed by atoms with Gasteiger partial charge in [-0.15, -0.1) is 5.10 Å². The van der Waals surface area contributed by atoms with E-state index in [4.69, 9.17) is 4.74 Å². The standard InChI is InChI=1S/C15H16N6O2S/c1-7-5-16-14-18-12(20-21(14)6-7)13(22)19-15-17-10-4-8(2)23-9(3)11(10)24-15/h5-6,8-9H,4H2,1-3H3,(H,17,19,22)/t8-,9+/m1/s1. The Kier molecular flexibility index (Phi) is 3.54. The predicted octanol–water partition coefficient (Wildman–Crippen LogP) is 2.16. The van der Waals surface area contributed by atoms with Crippen LogP contribution in [-0.2, 0) is 11.2 Å². The number of thiazole rings is 1. The van der Waals surface area contributed by atoms with Crippen molar-refractivity contribution in [3.05, 3.63) is 34.4 Å². The molecule has 1 aliphatic heterocycles. The highest BCUT2D eigenvalue weighted by atomic mass is 32.1. The van der Waals surface area contributed by atoms with Gasteiger partial charge in [0.1, 0.15) is 0 Å². The highest BCUT2D eigenvalue weighted by Gasteiger charge is 2.27. The van der Waals surface area contributed by atoms with E-state index in [9.17, 15) is 4.79 Å². The van der Waals surface area contributed by atoms with E-state index in [1.54, 1.807) is 12.4 Å². The Morgan fingerprint density at radius 2 is 2.25 bits per heavy atom. The van der Waals surface area contributed by atoms with Crippen LogP contribution in [0.1, 0.15) is 46.7 Å². The van der Waals surface area contributed by atoms with Crippen molar-refractivity contribution in [2.45, 2.75) is 39.4 Å². The Labute approximate surface area is 141 Å². The van der Waals surface area contributed by atoms with Crippen LogP contribution in [0.25, 0.3) is 5.78 Å². The number of hydrogen-bond donors (Lipinski definition) is 1. The van der Waals surface area contributed by atoms with Crippen molar-refractivity contribution < 1.29 is 9.53 Å². The minimum absolute atomic E-state index is 0.00704. The van der Waals surface area contributed by atoms with Crippen LogP contribution in [0.4, 0.5) is 5.13 Å². The lowest BCUT2D eigenvalue weighted by Crippen LogP contribution is -2.21. The van der Waals surface area contributed by atoms with E-state index >= 15 is 0 Å². The van der Waals surface area contributed by atoms with Crippen molar-refractivity contribution in [1.82, 2.24) is 24.6 Å². The Hall–Kier alpha value is -2.39. The summed E-state index contributed by atoms with van der Waals surface area (Å²) in [5.41, 5.74) is 1.93. The monoisotopic (exact) mass is 344 g/mol. The molecule has 4 rings (SSSR count). The summed E-state index contributed by atoms with van der Waals surface area (Å²) in [6, 6.07) is 0. The van der Waals surface area contributed by atoms with E-state index in [1.807, 2.05) is 20.8 Å². The second-order valence-corrected chi connectivity index (χ2v) is 6.92. The van der Waals surface area contributed by atoms with Gasteiger partial charge in [0.15, 0.2) is 5.13 Å². The lowest BCUT2D eigenvalue weighted by Gasteiger charge is -2.23. The third kappa shape index (κ3) is 2.65. The summed E-state index contributed by atoms with van der Waals surface area (Å²) in [7, 11) is 0. The predicted molar refractivity (Wildman–Crippen MR) is 88.3 cm³/mol. The first-order valence-electron chi connectivity index (χ1n) is 7.65. The van der Waals surface area contributed by atoms with Crippen LogP contribution in [0.2, 0.25) is 0 Å². The molecule has 9 heteroatoms. The van der Waals surface area contributed by atoms with Gasteiger partial charge in [-0.05, 0) is 26.3 Å². The summed E-state index contributed by atoms with van der Waals surface area (Å²) >= 11 is 1.43. The van der Waals surface area contributed by atoms with E-state index in [-0.39, 0.29) is 18.0 Å². The average Bonchev–Trinajstić information content (AvgIpc) is 3.10. The highest BCUT2D eigenvalue weighted by Crippen LogP contribution is 2.36. The van der Waals surface area contributed by atoms with Crippen LogP contribution in [-0.4, -0.2) is 36.6 Å². The fourth-order valence-electron chi connectivity index (χ4n) is 2.74. The summed E-state index contributed by atoms with van der Waals surface area (Å²) in [4.78, 5) is 26.2. The quantitative estimate of drug-likeness (QED) is 0.765. The molecule has 3 aromatic heterocycles. The number of rotatable bonds is 2. The minimum Gasteiger partial charge on any atom is -0.370 e. The number of hydrogen-bond acceptors (Lipinski definition) is 7. The molecule has 2 atom stereocenters. The number of nitrogens with one attached hydrogen (secondary N) is 1. The first-order valence-corrected chi connectivity index (χ1v) is 8.46. The van der Waals surface area contributed by atoms with Gasteiger partial charge in [-0.3, -0.25) is 10.1 Å². The zero-order valence-electron chi connectivity index (χ0n) is 13.5. The molecular formula is C15H16N6O2S. The number of amides is 1. The van der Waals surface area contributed by atoms with E-state index in [0.29, 0.717) is 10.9 Å². The highest BCUT2D eigenvalue weighted by molar-refractivity contribution is 7.16. The van der Waals surface area contributed by atoms with Crippen LogP contribution in [0.5, 0.6) is 0 Å². The summed E-state index contributed by atoms with van der Waals surface area (Å²) in [6.07, 6.45) is 4.33. The molecule has 1 amide bonds. The zero-order valence-corrected chi connectivity index (χ0v) is 14.3. The number of aromatic nitrogens is 5. The lowest BCUT2D eigenvalue weighted by atomic mass is 10.1. The maximum absolute atomic E-state index is 12.4. The van der Waals surface area contributed by atoms with Crippen molar-refractivity contribution in [2.75, 3.05) is 5.32 Å². The van der Waals surface area contributed by atoms with E-state index in [1.165, 1.54) is 15.9 Å². The van der Waals surface area contributed by atoms with E-state index in [0.717, 1.165) is 22.6 Å². The van der Waals surface area contributed by atoms with Gasteiger partial charge in [-0.25, -0.2) is 14.5 Å². The molecule has 0 aromatic carbocycles. The normalized spacial score (nSPS) is 20.1. The van der Waals surface area contributed by atoms with Crippen LogP contribution in [0.3, 0.4) is 0 Å². The van der Waals surface area contributed by atoms with Crippen molar-refractivity contribution in [3.8, 4) is 0 Å². The minimum atomic E-state index is -0.397. The summed E-state index contributed by atoms with van der Waals surface area (Å²) < 4.78 is 7.28. The smallest absolute Gasteiger partial charge is 0.297 e. The molecule has 0 bridgehead atoms. The molecule has 124 valence electrons. The maximum atomic E-state index is 12.4. The van der Waals surface area contributed by atoms with Gasteiger partial charge in [0.2, 0.25) is 5.82 Å². The number of carbonyl (C=O) groups is 1. The van der Waals surface area contributed by atoms with Crippen LogP contribution < -0.4 is 5.32 Å². The number of anilines is 1. The molecule has 0 saturated heterocycles. The molecule has 8 nitrogen and oxygen atoms in total. The van der Waals surface area contributed by atoms with Gasteiger partial charge < -0.3 is 4.74 Å². The van der Waals surface area contributed by atoms with Gasteiger partial charge in [0.05, 0.1) is 22.8 Å². The van der Waals surface area contributed by atoms with Crippen LogP contribution >= 0.6 is 11.3 Å². The number of aryl methyl sites for hydroxylation is 1. The average molecular weight is 344 g/mol. The van der Waals surface area contributed by atoms with Crippen molar-refractivity contribution in [2.24, 2.45) is 0 Å². The molecular weight excluding hydrogens is 328 g/mol. The number of fused-ring (bicyclic) bond motifs is 2. The fourth-order valence-corrected chi connectivity index (χ4v) is 3.71. The van der Waals surface area contributed by atoms with Gasteiger partial charge in [-0.2, -0.15) is 4.98 Å². The van der Waals surface area contributed by atoms with Crippen molar-refractivity contribution in [3.63, 3.8) is 0 Å². The Bertz CT molecular complexity index is 933. The Morgan fingerprint density at radius 1 is 1.42 bits per heavy atom. The molecule has 3 aromatic rings. The fraction of sp³-hybridized carbons (Fsp3) is 0.400. The second kappa shape index (κ2) is 5.60. The number of carbonyl (C=O) groups excluding carboxylic acids is 1. The second-order valence-electron chi connectivity index (χ2n) is 5.89. The summed E-state index contributed by atoms with van der Waals surface area (Å²) in [5, 5.41) is 7.47. The molecule has 0 saturated carbocycles. The third-order valence-electron chi connectivity index (χ3n) is 3.76. The van der Waals surface area contributed by atoms with E-state index in [2.05, 4.69) is 25.4 Å². The van der Waals surface area contributed by atoms with Gasteiger partial charge >= 0.3 is 0 Å². The first kappa shape index (κ1) is 15.2. The lowest BCUT2D eigenvalue weighted by molar-refractivity contribution is -0.00316. The number of ether oxygens (including phenoxy) is 1. The topological polar surface area (TPSA) is 94.3 Å². The molecule has 4 heterocycles.